The zero-order chi connectivity index (χ0) is 26.1. The Kier molecular flexibility index (Phi) is 5.69. The molecule has 6 rings (SSSR count). The normalized spacial score (nSPS) is 11.0. The average molecular weight is 505 g/mol. The summed E-state index contributed by atoms with van der Waals surface area (Å²) in [6, 6.07) is 23.1. The highest BCUT2D eigenvalue weighted by atomic mass is 16.5. The van der Waals surface area contributed by atoms with Crippen molar-refractivity contribution in [1.82, 2.24) is 29.9 Å². The fourth-order valence-corrected chi connectivity index (χ4v) is 3.92. The topological polar surface area (TPSA) is 144 Å². The van der Waals surface area contributed by atoms with E-state index in [0.29, 0.717) is 51.2 Å². The monoisotopic (exact) mass is 505 g/mol. The van der Waals surface area contributed by atoms with Gasteiger partial charge in [0.1, 0.15) is 17.0 Å². The maximum absolute atomic E-state index is 11.9. The number of carbonyl (C=O) groups is 1. The number of esters is 1. The molecule has 0 unspecified atom stereocenters. The summed E-state index contributed by atoms with van der Waals surface area (Å²) in [5, 5.41) is 8.50. The molecule has 0 fully saturated rings. The molecule has 0 saturated heterocycles. The number of benzene rings is 2. The third-order valence-corrected chi connectivity index (χ3v) is 5.66. The van der Waals surface area contributed by atoms with Crippen LogP contribution in [-0.4, -0.2) is 43.0 Å². The van der Waals surface area contributed by atoms with Gasteiger partial charge in [0, 0.05) is 23.8 Å². The Labute approximate surface area is 215 Å². The van der Waals surface area contributed by atoms with E-state index in [-0.39, 0.29) is 5.95 Å². The molecular weight excluding hydrogens is 486 g/mol. The SMILES string of the molecule is COC(=O)c1cccc(-c2cccc(Oc3ccc4c(c3)nnn4-c3cc(-c4ccco4)nc(N)n3)n2)c1. The molecule has 0 saturated carbocycles. The van der Waals surface area contributed by atoms with Gasteiger partial charge in [0.15, 0.2) is 11.6 Å². The molecule has 6 aromatic rings. The minimum absolute atomic E-state index is 0.0839. The van der Waals surface area contributed by atoms with E-state index < -0.39 is 5.97 Å². The molecule has 0 aliphatic rings. The summed E-state index contributed by atoms with van der Waals surface area (Å²) in [5.41, 5.74) is 9.59. The predicted octanol–water partition coefficient (Wildman–Crippen LogP) is 4.69. The first-order valence-corrected chi connectivity index (χ1v) is 11.5. The quantitative estimate of drug-likeness (QED) is 0.316. The Morgan fingerprint density at radius 1 is 0.921 bits per heavy atom. The molecule has 0 aliphatic carbocycles. The Bertz CT molecular complexity index is 1780. The van der Waals surface area contributed by atoms with E-state index in [4.69, 9.17) is 19.6 Å². The number of rotatable bonds is 6. The molecule has 0 atom stereocenters. The molecular formula is C27H19N7O4. The maximum atomic E-state index is 11.9. The van der Waals surface area contributed by atoms with Gasteiger partial charge in [-0.1, -0.05) is 23.4 Å². The van der Waals surface area contributed by atoms with Crippen molar-refractivity contribution in [1.29, 1.82) is 0 Å². The largest absolute Gasteiger partial charge is 0.465 e. The van der Waals surface area contributed by atoms with Crippen LogP contribution in [0.2, 0.25) is 0 Å². The zero-order valence-corrected chi connectivity index (χ0v) is 20.0. The fourth-order valence-electron chi connectivity index (χ4n) is 3.92. The molecule has 4 heterocycles. The number of aromatic nitrogens is 6. The highest BCUT2D eigenvalue weighted by Gasteiger charge is 2.14. The first-order valence-electron chi connectivity index (χ1n) is 11.5. The number of hydrogen-bond acceptors (Lipinski definition) is 10. The number of fused-ring (bicyclic) bond motifs is 1. The number of furan rings is 1. The number of nitrogens with two attached hydrogens (primary N) is 1. The van der Waals surface area contributed by atoms with Gasteiger partial charge in [-0.05, 0) is 42.5 Å². The number of ether oxygens (including phenoxy) is 2. The van der Waals surface area contributed by atoms with Crippen LogP contribution < -0.4 is 10.5 Å². The first kappa shape index (κ1) is 22.9. The lowest BCUT2D eigenvalue weighted by Gasteiger charge is -2.08. The van der Waals surface area contributed by atoms with Crippen LogP contribution in [-0.2, 0) is 4.74 Å². The van der Waals surface area contributed by atoms with Gasteiger partial charge in [-0.25, -0.2) is 14.8 Å². The Hall–Kier alpha value is -5.58. The van der Waals surface area contributed by atoms with Crippen LogP contribution in [0.4, 0.5) is 5.95 Å². The van der Waals surface area contributed by atoms with Gasteiger partial charge in [-0.3, -0.25) is 0 Å². The van der Waals surface area contributed by atoms with Gasteiger partial charge in [0.25, 0.3) is 0 Å². The minimum Gasteiger partial charge on any atom is -0.465 e. The summed E-state index contributed by atoms with van der Waals surface area (Å²) < 4.78 is 17.8. The van der Waals surface area contributed by atoms with Crippen molar-refractivity contribution in [2.24, 2.45) is 0 Å². The van der Waals surface area contributed by atoms with Crippen molar-refractivity contribution in [3.05, 3.63) is 90.7 Å². The second kappa shape index (κ2) is 9.47. The maximum Gasteiger partial charge on any atom is 0.337 e. The molecule has 0 aliphatic heterocycles. The molecule has 0 amide bonds. The number of nitrogens with zero attached hydrogens (tertiary/aromatic N) is 6. The molecule has 38 heavy (non-hydrogen) atoms. The van der Waals surface area contributed by atoms with Gasteiger partial charge >= 0.3 is 5.97 Å². The van der Waals surface area contributed by atoms with Crippen LogP contribution in [0.5, 0.6) is 11.6 Å². The molecule has 186 valence electrons. The minimum atomic E-state index is -0.414. The van der Waals surface area contributed by atoms with E-state index in [1.54, 1.807) is 65.5 Å². The Morgan fingerprint density at radius 3 is 2.66 bits per heavy atom. The smallest absolute Gasteiger partial charge is 0.337 e. The second-order valence-corrected chi connectivity index (χ2v) is 8.13. The number of hydrogen-bond donors (Lipinski definition) is 1. The van der Waals surface area contributed by atoms with Crippen LogP contribution in [0.25, 0.3) is 39.6 Å². The van der Waals surface area contributed by atoms with Crippen molar-refractivity contribution in [3.8, 4) is 40.2 Å². The average Bonchev–Trinajstić information content (AvgIpc) is 3.63. The van der Waals surface area contributed by atoms with E-state index in [1.807, 2.05) is 24.3 Å². The van der Waals surface area contributed by atoms with Gasteiger partial charge in [0.05, 0.1) is 30.1 Å². The molecule has 11 heteroatoms. The van der Waals surface area contributed by atoms with Crippen molar-refractivity contribution in [2.75, 3.05) is 12.8 Å². The van der Waals surface area contributed by atoms with Crippen molar-refractivity contribution in [2.45, 2.75) is 0 Å². The van der Waals surface area contributed by atoms with Gasteiger partial charge in [-0.15, -0.1) is 5.10 Å². The second-order valence-electron chi connectivity index (χ2n) is 8.13. The predicted molar refractivity (Wildman–Crippen MR) is 138 cm³/mol. The summed E-state index contributed by atoms with van der Waals surface area (Å²) in [5.74, 6) is 1.58. The molecule has 11 nitrogen and oxygen atoms in total. The fraction of sp³-hybridized carbons (Fsp3) is 0.0370. The molecule has 0 spiro atoms. The van der Waals surface area contributed by atoms with Crippen LogP contribution in [0, 0.1) is 0 Å². The van der Waals surface area contributed by atoms with E-state index in [0.717, 1.165) is 5.56 Å². The highest BCUT2D eigenvalue weighted by molar-refractivity contribution is 5.90. The lowest BCUT2D eigenvalue weighted by molar-refractivity contribution is 0.0601. The molecule has 2 aromatic carbocycles. The molecule has 4 aromatic heterocycles. The summed E-state index contributed by atoms with van der Waals surface area (Å²) in [6.07, 6.45) is 1.56. The summed E-state index contributed by atoms with van der Waals surface area (Å²) in [4.78, 5) is 25.0. The number of carbonyl (C=O) groups excluding carboxylic acids is 1. The lowest BCUT2D eigenvalue weighted by atomic mass is 10.1. The molecule has 2 N–H and O–H groups in total. The molecule has 0 radical (unpaired) electrons. The lowest BCUT2D eigenvalue weighted by Crippen LogP contribution is -2.05. The van der Waals surface area contributed by atoms with Crippen LogP contribution in [0.3, 0.4) is 0 Å². The number of anilines is 1. The van der Waals surface area contributed by atoms with Crippen LogP contribution >= 0.6 is 0 Å². The van der Waals surface area contributed by atoms with Crippen LogP contribution in [0.1, 0.15) is 10.4 Å². The third-order valence-electron chi connectivity index (χ3n) is 5.66. The number of nitrogen functional groups attached to an aromatic ring is 1. The summed E-state index contributed by atoms with van der Waals surface area (Å²) >= 11 is 0. The van der Waals surface area contributed by atoms with Gasteiger partial charge in [0.2, 0.25) is 11.8 Å². The number of pyridine rings is 1. The standard InChI is InChI=1S/C27H19N7O4/c1-36-26(35)17-6-2-5-16(13-17)19-7-3-9-25(29-19)38-18-10-11-22-20(14-18)32-33-34(22)24-15-21(30-27(28)31-24)23-8-4-12-37-23/h2-15H,1H3,(H2,28,30,31). The Morgan fingerprint density at radius 2 is 1.82 bits per heavy atom. The zero-order valence-electron chi connectivity index (χ0n) is 20.0. The highest BCUT2D eigenvalue weighted by Crippen LogP contribution is 2.28. The van der Waals surface area contributed by atoms with Crippen molar-refractivity contribution >= 4 is 23.0 Å². The first-order chi connectivity index (χ1) is 18.6. The third kappa shape index (κ3) is 4.39. The van der Waals surface area contributed by atoms with E-state index in [2.05, 4.69) is 25.3 Å². The van der Waals surface area contributed by atoms with Crippen molar-refractivity contribution in [3.63, 3.8) is 0 Å². The van der Waals surface area contributed by atoms with Crippen molar-refractivity contribution < 1.29 is 18.7 Å². The van der Waals surface area contributed by atoms with Gasteiger partial charge < -0.3 is 19.6 Å². The van der Waals surface area contributed by atoms with Gasteiger partial charge in [-0.2, -0.15) is 9.67 Å². The van der Waals surface area contributed by atoms with Crippen LogP contribution in [0.15, 0.2) is 89.5 Å². The Balaban J connectivity index is 1.28. The summed E-state index contributed by atoms with van der Waals surface area (Å²) in [6.45, 7) is 0. The van der Waals surface area contributed by atoms with E-state index in [1.165, 1.54) is 7.11 Å². The summed E-state index contributed by atoms with van der Waals surface area (Å²) in [7, 11) is 1.35. The molecule has 0 bridgehead atoms. The van der Waals surface area contributed by atoms with E-state index in [9.17, 15) is 4.79 Å². The van der Waals surface area contributed by atoms with E-state index >= 15 is 0 Å². The number of methoxy groups -OCH3 is 1.